The lowest BCUT2D eigenvalue weighted by Gasteiger charge is -2.19. The third-order valence-electron chi connectivity index (χ3n) is 14.2. The van der Waals surface area contributed by atoms with Gasteiger partial charge in [-0.25, -0.2) is 0 Å². The highest BCUT2D eigenvalue weighted by Crippen LogP contribution is 2.38. The van der Waals surface area contributed by atoms with Gasteiger partial charge in [0.25, 0.3) is 0 Å². The molecule has 0 fully saturated rings. The fraction of sp³-hybridized carbons (Fsp3) is 0. The minimum absolute atomic E-state index is 1.16. The zero-order valence-corrected chi connectivity index (χ0v) is 37.1. The van der Waals surface area contributed by atoms with Crippen LogP contribution in [0.15, 0.2) is 176 Å². The van der Waals surface area contributed by atoms with Gasteiger partial charge in [-0.1, -0.05) is 160 Å². The molecular weight excluding hydrogens is 752 g/mol. The van der Waals surface area contributed by atoms with Crippen LogP contribution in [0.3, 0.4) is 0 Å². The summed E-state index contributed by atoms with van der Waals surface area (Å²) in [6.45, 7) is 0. The van der Waals surface area contributed by atoms with Crippen LogP contribution >= 0.6 is 0 Å². The Morgan fingerprint density at radius 3 is 1.38 bits per heavy atom. The molecule has 0 aliphatic heterocycles. The Balaban J connectivity index is 1.12. The van der Waals surface area contributed by atoms with E-state index in [-0.39, 0.29) is 0 Å². The first-order valence-electron chi connectivity index (χ1n) is 22.2. The number of hydrogen-bond donors (Lipinski definition) is 0. The maximum Gasteiger partial charge on any atom is 0.141 e. The number of fused-ring (bicyclic) bond motifs is 6. The topological polar surface area (TPSA) is 9.86 Å². The average Bonchev–Trinajstić information content (AvgIpc) is 3.87. The normalized spacial score (nSPS) is 11.6. The second-order valence-electron chi connectivity index (χ2n) is 17.5. The van der Waals surface area contributed by atoms with Gasteiger partial charge in [-0.05, 0) is 98.4 Å². The average molecular weight is 796 g/mol. The van der Waals surface area contributed by atoms with E-state index in [9.17, 15) is 0 Å². The van der Waals surface area contributed by atoms with Gasteiger partial charge >= 0.3 is 0 Å². The van der Waals surface area contributed by atoms with Crippen LogP contribution in [0, 0.1) is 0 Å². The van der Waals surface area contributed by atoms with Crippen LogP contribution in [0.4, 0.5) is 0 Å². The molecule has 0 amide bonds. The second-order valence-corrected chi connectivity index (χ2v) is 17.5. The molecule has 63 heavy (non-hydrogen) atoms. The number of aromatic nitrogens is 2. The van der Waals surface area contributed by atoms with Crippen molar-refractivity contribution in [3.8, 4) is 55.9 Å². The highest BCUT2D eigenvalue weighted by atomic mass is 15.0. The standard InChI is InChI=1S/C54H43B7N2/c55-46-43(36-22-26-41-40(28-36)39-25-21-35(31-13-6-2-7-14-31)29-42(39)62(41)37-17-8-3-9-18-37)47(56)51(60)53-44(46)45-48(57)49(58)50(59)52(61)54(45)63(53)38-23-19-32(20-24-38)34-16-10-15-33(27-34)30-11-4-1-5-12-30/h1-29H,55-61H2. The van der Waals surface area contributed by atoms with Gasteiger partial charge in [-0.2, -0.15) is 0 Å². The first-order chi connectivity index (χ1) is 30.7. The molecule has 0 saturated carbocycles. The zero-order valence-electron chi connectivity index (χ0n) is 37.1. The van der Waals surface area contributed by atoms with Crippen molar-refractivity contribution >= 4 is 137 Å². The molecule has 2 nitrogen and oxygen atoms in total. The Bertz CT molecular complexity index is 3620. The summed E-state index contributed by atoms with van der Waals surface area (Å²) in [5, 5.41) is 5.23. The molecule has 0 unspecified atom stereocenters. The lowest BCUT2D eigenvalue weighted by atomic mass is 9.64. The molecule has 0 bridgehead atoms. The van der Waals surface area contributed by atoms with Gasteiger partial charge in [0.2, 0.25) is 0 Å². The molecule has 11 aromatic rings. The molecule has 290 valence electrons. The van der Waals surface area contributed by atoms with Crippen LogP contribution in [0.2, 0.25) is 0 Å². The van der Waals surface area contributed by atoms with E-state index >= 15 is 0 Å². The molecule has 2 aromatic heterocycles. The van der Waals surface area contributed by atoms with Crippen LogP contribution in [-0.4, -0.2) is 64.1 Å². The van der Waals surface area contributed by atoms with Crippen molar-refractivity contribution in [3.05, 3.63) is 176 Å². The molecule has 9 aromatic carbocycles. The molecule has 11 rings (SSSR count). The minimum Gasteiger partial charge on any atom is -0.310 e. The summed E-state index contributed by atoms with van der Waals surface area (Å²) in [6, 6.07) is 64.4. The van der Waals surface area contributed by atoms with E-state index in [1.54, 1.807) is 0 Å². The monoisotopic (exact) mass is 796 g/mol. The summed E-state index contributed by atoms with van der Waals surface area (Å²) < 4.78 is 5.01. The molecule has 0 spiro atoms. The minimum atomic E-state index is 1.16. The van der Waals surface area contributed by atoms with Crippen LogP contribution in [0.5, 0.6) is 0 Å². The Kier molecular flexibility index (Phi) is 9.35. The lowest BCUT2D eigenvalue weighted by Crippen LogP contribution is -2.48. The quantitative estimate of drug-likeness (QED) is 0.229. The summed E-state index contributed by atoms with van der Waals surface area (Å²) in [5.74, 6) is 0. The van der Waals surface area contributed by atoms with Gasteiger partial charge in [-0.15, -0.1) is 5.46 Å². The van der Waals surface area contributed by atoms with E-state index < -0.39 is 0 Å². The van der Waals surface area contributed by atoms with Gasteiger partial charge < -0.3 is 9.13 Å². The Labute approximate surface area is 375 Å². The number of nitrogens with zero attached hydrogens (tertiary/aromatic N) is 2. The molecule has 0 N–H and O–H groups in total. The maximum absolute atomic E-state index is 2.57. The molecule has 9 heteroatoms. The SMILES string of the molecule is Bc1c(B)c(B)c2c(c1B)c1c(B)c(-c3ccc4c(c3)c3ccc(-c5ccccc5)cc3n4-c3ccccc3)c(B)c(B)c1n2-c1ccc(-c2cccc(-c3ccccc3)c2)cc1. The number of hydrogen-bond acceptors (Lipinski definition) is 0. The molecular formula is C54H43B7N2. The summed E-state index contributed by atoms with van der Waals surface area (Å²) in [7, 11) is 16.3. The van der Waals surface area contributed by atoms with Crippen LogP contribution in [0.1, 0.15) is 0 Å². The third kappa shape index (κ3) is 6.12. The Hall–Kier alpha value is -6.97. The predicted octanol–water partition coefficient (Wildman–Crippen LogP) is 2.36. The zero-order chi connectivity index (χ0) is 43.1. The van der Waals surface area contributed by atoms with Gasteiger partial charge in [0, 0.05) is 38.6 Å². The largest absolute Gasteiger partial charge is 0.310 e. The van der Waals surface area contributed by atoms with Gasteiger partial charge in [0.15, 0.2) is 0 Å². The molecule has 2 heterocycles. The first-order valence-corrected chi connectivity index (χ1v) is 22.2. The predicted molar refractivity (Wildman–Crippen MR) is 294 cm³/mol. The summed E-state index contributed by atoms with van der Waals surface area (Å²) in [4.78, 5) is 0. The van der Waals surface area contributed by atoms with Crippen LogP contribution in [-0.2, 0) is 0 Å². The highest BCUT2D eigenvalue weighted by Gasteiger charge is 2.25. The number of rotatable bonds is 6. The van der Waals surface area contributed by atoms with E-state index in [1.165, 1.54) is 132 Å². The Morgan fingerprint density at radius 1 is 0.270 bits per heavy atom. The van der Waals surface area contributed by atoms with Crippen molar-refractivity contribution in [3.63, 3.8) is 0 Å². The van der Waals surface area contributed by atoms with Gasteiger partial charge in [0.1, 0.15) is 54.9 Å². The van der Waals surface area contributed by atoms with Crippen LogP contribution in [0.25, 0.3) is 99.5 Å². The van der Waals surface area contributed by atoms with E-state index in [0.29, 0.717) is 0 Å². The van der Waals surface area contributed by atoms with Crippen molar-refractivity contribution in [1.82, 2.24) is 9.13 Å². The number of benzene rings is 9. The fourth-order valence-corrected chi connectivity index (χ4v) is 10.6. The van der Waals surface area contributed by atoms with Gasteiger partial charge in [0.05, 0.1) is 11.0 Å². The second kappa shape index (κ2) is 15.1. The number of para-hydroxylation sites is 1. The molecule has 0 saturated heterocycles. The van der Waals surface area contributed by atoms with Gasteiger partial charge in [-0.3, -0.25) is 0 Å². The highest BCUT2D eigenvalue weighted by molar-refractivity contribution is 6.69. The smallest absolute Gasteiger partial charge is 0.141 e. The van der Waals surface area contributed by atoms with E-state index in [4.69, 9.17) is 0 Å². The molecule has 0 aliphatic rings. The summed E-state index contributed by atoms with van der Waals surface area (Å²) >= 11 is 0. The van der Waals surface area contributed by atoms with Crippen molar-refractivity contribution in [2.24, 2.45) is 0 Å². The van der Waals surface area contributed by atoms with Crippen molar-refractivity contribution in [1.29, 1.82) is 0 Å². The van der Waals surface area contributed by atoms with Crippen molar-refractivity contribution in [2.45, 2.75) is 0 Å². The van der Waals surface area contributed by atoms with E-state index in [1.807, 2.05) is 0 Å². The van der Waals surface area contributed by atoms with Crippen LogP contribution < -0.4 is 38.2 Å². The first kappa shape index (κ1) is 38.9. The van der Waals surface area contributed by atoms with E-state index in [2.05, 4.69) is 240 Å². The lowest BCUT2D eigenvalue weighted by molar-refractivity contribution is 1.18. The third-order valence-corrected chi connectivity index (χ3v) is 14.2. The molecule has 0 aliphatic carbocycles. The van der Waals surface area contributed by atoms with Crippen molar-refractivity contribution in [2.75, 3.05) is 0 Å². The maximum atomic E-state index is 2.57. The molecule has 0 radical (unpaired) electrons. The summed E-state index contributed by atoms with van der Waals surface area (Å²) in [6.07, 6.45) is 0. The van der Waals surface area contributed by atoms with Crippen molar-refractivity contribution < 1.29 is 0 Å². The molecule has 0 atom stereocenters. The summed E-state index contributed by atoms with van der Waals surface area (Å²) in [5.41, 5.74) is 26.7. The fourth-order valence-electron chi connectivity index (χ4n) is 10.6. The Morgan fingerprint density at radius 2 is 0.746 bits per heavy atom. The van der Waals surface area contributed by atoms with E-state index in [0.717, 1.165) is 5.69 Å².